The highest BCUT2D eigenvalue weighted by Gasteiger charge is 2.40. The van der Waals surface area contributed by atoms with Crippen LogP contribution in [0.2, 0.25) is 0 Å². The number of β-amino-alcohol motifs (C(OH)–C–C–N with tert-alkyl or cyclic N) is 1. The minimum Gasteiger partial charge on any atom is -0.493 e. The zero-order chi connectivity index (χ0) is 20.4. The first-order valence-electron chi connectivity index (χ1n) is 7.56. The van der Waals surface area contributed by atoms with Crippen LogP contribution in [-0.2, 0) is 4.79 Å². The Bertz CT molecular complexity index is 734. The van der Waals surface area contributed by atoms with E-state index in [4.69, 9.17) is 14.7 Å². The highest BCUT2D eigenvalue weighted by atomic mass is 32.2. The number of carbonyl (C=O) groups excluding carboxylic acids is 2. The second-order valence-electron chi connectivity index (χ2n) is 5.60. The highest BCUT2D eigenvalue weighted by Crippen LogP contribution is 2.46. The number of benzene rings is 1. The van der Waals surface area contributed by atoms with Crippen LogP contribution in [0.15, 0.2) is 17.0 Å². The van der Waals surface area contributed by atoms with Crippen molar-refractivity contribution in [2.75, 3.05) is 20.8 Å². The van der Waals surface area contributed by atoms with E-state index in [0.717, 1.165) is 18.1 Å². The predicted octanol–water partition coefficient (Wildman–Crippen LogP) is 1.51. The molecule has 1 fully saturated rings. The van der Waals surface area contributed by atoms with Gasteiger partial charge in [0, 0.05) is 18.5 Å². The van der Waals surface area contributed by atoms with Crippen molar-refractivity contribution in [3.63, 3.8) is 0 Å². The van der Waals surface area contributed by atoms with E-state index in [2.05, 4.69) is 0 Å². The fraction of sp³-hybridized carbons (Fsp3) is 0.467. The van der Waals surface area contributed by atoms with Crippen LogP contribution >= 0.6 is 25.3 Å². The van der Waals surface area contributed by atoms with Gasteiger partial charge >= 0.3 is 5.51 Å². The number of hydrogen-bond acceptors (Lipinski definition) is 7. The molecule has 13 heteroatoms. The molecule has 1 aromatic carbocycles. The first kappa shape index (κ1) is 24.2. The minimum atomic E-state index is -4.64. The molecule has 0 radical (unpaired) electrons. The summed E-state index contributed by atoms with van der Waals surface area (Å²) in [5.74, 6) is -2.00. The number of nitrogens with zero attached hydrogens (tertiary/aromatic N) is 1. The number of carbonyl (C=O) groups is 2. The van der Waals surface area contributed by atoms with Crippen molar-refractivity contribution in [2.45, 2.75) is 29.0 Å². The molecule has 1 heterocycles. The Hall–Kier alpha value is -1.83. The number of likely N-dealkylation sites (tertiary alicyclic amines) is 1. The van der Waals surface area contributed by atoms with E-state index >= 15 is 0 Å². The van der Waals surface area contributed by atoms with Gasteiger partial charge in [-0.15, -0.1) is 0 Å². The minimum absolute atomic E-state index is 0. The summed E-state index contributed by atoms with van der Waals surface area (Å²) < 4.78 is 48.5. The molecule has 3 N–H and O–H groups in total. The van der Waals surface area contributed by atoms with Crippen molar-refractivity contribution in [3.05, 3.63) is 17.7 Å². The Morgan fingerprint density at radius 1 is 1.29 bits per heavy atom. The van der Waals surface area contributed by atoms with Crippen molar-refractivity contribution in [1.82, 2.24) is 10.4 Å². The van der Waals surface area contributed by atoms with Gasteiger partial charge in [-0.2, -0.15) is 26.7 Å². The van der Waals surface area contributed by atoms with Crippen LogP contribution in [0.25, 0.3) is 0 Å². The topological polar surface area (TPSA) is 108 Å². The number of nitrogens with one attached hydrogen (secondary N) is 1. The highest BCUT2D eigenvalue weighted by molar-refractivity contribution is 8.00. The fourth-order valence-corrected chi connectivity index (χ4v) is 3.49. The zero-order valence-electron chi connectivity index (χ0n) is 14.7. The maximum atomic E-state index is 12.8. The van der Waals surface area contributed by atoms with Gasteiger partial charge in [0.25, 0.3) is 11.8 Å². The summed E-state index contributed by atoms with van der Waals surface area (Å²) >= 11 is -0.477. The molecule has 1 unspecified atom stereocenters. The van der Waals surface area contributed by atoms with Gasteiger partial charge in [0.1, 0.15) is 6.04 Å². The fourth-order valence-electron chi connectivity index (χ4n) is 2.78. The Balaban J connectivity index is 0.00000392. The van der Waals surface area contributed by atoms with E-state index in [-0.39, 0.29) is 43.5 Å². The Labute approximate surface area is 169 Å². The van der Waals surface area contributed by atoms with Gasteiger partial charge in [0.05, 0.1) is 25.2 Å². The van der Waals surface area contributed by atoms with E-state index in [1.165, 1.54) is 18.7 Å². The molecule has 0 bridgehead atoms. The summed E-state index contributed by atoms with van der Waals surface area (Å²) in [5.41, 5.74) is -3.42. The molecule has 0 spiro atoms. The normalized spacial score (nSPS) is 19.0. The molecule has 1 aliphatic rings. The third kappa shape index (κ3) is 5.37. The molecule has 0 saturated carbocycles. The number of aliphatic hydroxyl groups excluding tert-OH is 1. The van der Waals surface area contributed by atoms with E-state index in [9.17, 15) is 27.9 Å². The molecular weight excluding hydrogens is 425 g/mol. The number of rotatable bonds is 5. The molecule has 1 saturated heterocycles. The van der Waals surface area contributed by atoms with Gasteiger partial charge in [0.15, 0.2) is 11.5 Å². The van der Waals surface area contributed by atoms with Gasteiger partial charge in [-0.3, -0.25) is 14.8 Å². The molecule has 8 nitrogen and oxygen atoms in total. The molecule has 1 aromatic rings. The maximum Gasteiger partial charge on any atom is 0.446 e. The predicted molar refractivity (Wildman–Crippen MR) is 97.2 cm³/mol. The van der Waals surface area contributed by atoms with Crippen molar-refractivity contribution in [1.29, 1.82) is 0 Å². The quantitative estimate of drug-likeness (QED) is 0.359. The lowest BCUT2D eigenvalue weighted by molar-refractivity contribution is -0.133. The number of amides is 2. The average Bonchev–Trinajstić information content (AvgIpc) is 2.99. The third-order valence-electron chi connectivity index (χ3n) is 3.87. The van der Waals surface area contributed by atoms with Crippen LogP contribution in [0.5, 0.6) is 11.5 Å². The Kier molecular flexibility index (Phi) is 8.29. The molecule has 2 atom stereocenters. The lowest BCUT2D eigenvalue weighted by Gasteiger charge is -2.23. The summed E-state index contributed by atoms with van der Waals surface area (Å²) in [6.45, 7) is -0.215. The van der Waals surface area contributed by atoms with Crippen LogP contribution in [0, 0.1) is 0 Å². The largest absolute Gasteiger partial charge is 0.493 e. The van der Waals surface area contributed by atoms with Gasteiger partial charge in [-0.1, -0.05) is 0 Å². The first-order chi connectivity index (χ1) is 12.6. The number of thioether (sulfide) groups is 1. The van der Waals surface area contributed by atoms with Crippen molar-refractivity contribution in [2.24, 2.45) is 0 Å². The molecule has 2 rings (SSSR count). The molecular formula is C15H19F3N2O6S2. The summed E-state index contributed by atoms with van der Waals surface area (Å²) in [6, 6.07) is 0.991. The maximum absolute atomic E-state index is 12.8. The van der Waals surface area contributed by atoms with Crippen LogP contribution in [0.3, 0.4) is 0 Å². The van der Waals surface area contributed by atoms with Gasteiger partial charge in [-0.05, 0) is 23.9 Å². The summed E-state index contributed by atoms with van der Waals surface area (Å²) in [7, 11) is 2.37. The lowest BCUT2D eigenvalue weighted by atomic mass is 10.1. The SMILES string of the molecule is COc1cc(C(=O)N2CC(O)C[C@@H]2C(=O)NO)cc(SC(F)(F)F)c1OC.S. The molecule has 1 aliphatic heterocycles. The van der Waals surface area contributed by atoms with Gasteiger partial charge in [-0.25, -0.2) is 5.48 Å². The van der Waals surface area contributed by atoms with E-state index in [1.54, 1.807) is 0 Å². The zero-order valence-corrected chi connectivity index (χ0v) is 16.6. The Morgan fingerprint density at radius 2 is 1.93 bits per heavy atom. The van der Waals surface area contributed by atoms with Gasteiger partial charge < -0.3 is 19.5 Å². The number of methoxy groups -OCH3 is 2. The van der Waals surface area contributed by atoms with Crippen LogP contribution in [-0.4, -0.2) is 65.4 Å². The van der Waals surface area contributed by atoms with E-state index in [1.807, 2.05) is 0 Å². The first-order valence-corrected chi connectivity index (χ1v) is 8.37. The number of hydroxylamine groups is 1. The molecule has 28 heavy (non-hydrogen) atoms. The lowest BCUT2D eigenvalue weighted by Crippen LogP contribution is -2.45. The smallest absolute Gasteiger partial charge is 0.446 e. The van der Waals surface area contributed by atoms with Crippen LogP contribution < -0.4 is 15.0 Å². The summed E-state index contributed by atoms with van der Waals surface area (Å²) in [5, 5.41) is 18.5. The molecule has 2 amide bonds. The second-order valence-corrected chi connectivity index (χ2v) is 6.70. The van der Waals surface area contributed by atoms with E-state index in [0.29, 0.717) is 0 Å². The molecule has 158 valence electrons. The van der Waals surface area contributed by atoms with E-state index < -0.39 is 46.1 Å². The standard InChI is InChI=1S/C15H17F3N2O6S.H2S/c1-25-10-3-7(4-11(12(10)26-2)27-15(16,17)18)14(23)20-6-8(21)5-9(20)13(22)19-24;/h3-4,8-9,21,24H,5-6H2,1-2H3,(H,19,22);1H2/t8?,9-;/m1./s1. The van der Waals surface area contributed by atoms with Crippen LogP contribution in [0.4, 0.5) is 13.2 Å². The number of hydrogen-bond donors (Lipinski definition) is 3. The third-order valence-corrected chi connectivity index (χ3v) is 4.62. The number of ether oxygens (including phenoxy) is 2. The van der Waals surface area contributed by atoms with Crippen molar-refractivity contribution in [3.8, 4) is 11.5 Å². The summed E-state index contributed by atoms with van der Waals surface area (Å²) in [4.78, 5) is 25.1. The number of halogens is 3. The van der Waals surface area contributed by atoms with Crippen molar-refractivity contribution < 1.29 is 42.5 Å². The summed E-state index contributed by atoms with van der Waals surface area (Å²) in [6.07, 6.45) is -1.13. The number of alkyl halides is 3. The number of aliphatic hydroxyl groups is 1. The monoisotopic (exact) mass is 444 g/mol. The average molecular weight is 444 g/mol. The Morgan fingerprint density at radius 3 is 2.43 bits per heavy atom. The molecule has 0 aromatic heterocycles. The van der Waals surface area contributed by atoms with Crippen LogP contribution in [0.1, 0.15) is 16.8 Å². The molecule has 0 aliphatic carbocycles. The van der Waals surface area contributed by atoms with Gasteiger partial charge in [0.2, 0.25) is 0 Å². The van der Waals surface area contributed by atoms with Crippen molar-refractivity contribution >= 4 is 37.1 Å². The second kappa shape index (κ2) is 9.58.